The number of aromatic nitrogens is 4. The Morgan fingerprint density at radius 1 is 1.29 bits per heavy atom. The molecule has 5 rings (SSSR count). The number of ether oxygens (including phenoxy) is 2. The summed E-state index contributed by atoms with van der Waals surface area (Å²) in [4.78, 5) is 27.8. The molecule has 180 valence electrons. The first-order valence-electron chi connectivity index (χ1n) is 11.1. The molecule has 0 spiro atoms. The van der Waals surface area contributed by atoms with E-state index in [0.29, 0.717) is 64.2 Å². The number of anilines is 1. The Labute approximate surface area is 205 Å². The molecule has 1 aromatic carbocycles. The largest absolute Gasteiger partial charge is 0.454 e. The van der Waals surface area contributed by atoms with Crippen molar-refractivity contribution in [3.8, 4) is 11.5 Å². The predicted octanol–water partition coefficient (Wildman–Crippen LogP) is 2.95. The highest BCUT2D eigenvalue weighted by molar-refractivity contribution is 7.99. The van der Waals surface area contributed by atoms with Crippen LogP contribution in [-0.2, 0) is 11.3 Å². The lowest BCUT2D eigenvalue weighted by Crippen LogP contribution is -2.43. The summed E-state index contributed by atoms with van der Waals surface area (Å²) < 4.78 is 13.0. The van der Waals surface area contributed by atoms with E-state index in [2.05, 4.69) is 9.97 Å². The predicted molar refractivity (Wildman–Crippen MR) is 127 cm³/mol. The van der Waals surface area contributed by atoms with E-state index in [-0.39, 0.29) is 12.7 Å². The van der Waals surface area contributed by atoms with Crippen LogP contribution in [0.25, 0.3) is 11.2 Å². The molecule has 1 atom stereocenters. The lowest BCUT2D eigenvalue weighted by Gasteiger charge is -2.32. The van der Waals surface area contributed by atoms with Gasteiger partial charge in [0, 0.05) is 30.6 Å². The molecule has 2 aliphatic rings. The van der Waals surface area contributed by atoms with E-state index in [1.165, 1.54) is 25.0 Å². The number of benzene rings is 1. The number of hydrogen-bond donors (Lipinski definition) is 2. The van der Waals surface area contributed by atoms with Gasteiger partial charge in [-0.3, -0.25) is 4.79 Å². The van der Waals surface area contributed by atoms with Crippen LogP contribution in [0.5, 0.6) is 11.5 Å². The van der Waals surface area contributed by atoms with E-state index < -0.39 is 6.10 Å². The molecule has 2 aliphatic heterocycles. The van der Waals surface area contributed by atoms with Crippen LogP contribution in [0.15, 0.2) is 28.5 Å². The molecule has 12 heteroatoms. The smallest absolute Gasteiger partial charge is 0.251 e. The summed E-state index contributed by atoms with van der Waals surface area (Å²) in [6.07, 6.45) is 3.16. The number of aliphatic hydroxyl groups is 1. The number of rotatable bonds is 6. The zero-order valence-electron chi connectivity index (χ0n) is 18.6. The molecule has 1 fully saturated rings. The van der Waals surface area contributed by atoms with Gasteiger partial charge in [-0.1, -0.05) is 11.6 Å². The third-order valence-electron chi connectivity index (χ3n) is 6.20. The van der Waals surface area contributed by atoms with Crippen LogP contribution in [0.4, 0.5) is 5.82 Å². The molecular weight excluding hydrogens is 480 g/mol. The number of amides is 1. The Morgan fingerprint density at radius 3 is 2.76 bits per heavy atom. The van der Waals surface area contributed by atoms with Crippen molar-refractivity contribution in [2.45, 2.75) is 48.9 Å². The quantitative estimate of drug-likeness (QED) is 0.520. The van der Waals surface area contributed by atoms with Gasteiger partial charge in [0.1, 0.15) is 12.4 Å². The van der Waals surface area contributed by atoms with Crippen molar-refractivity contribution in [1.82, 2.24) is 24.4 Å². The summed E-state index contributed by atoms with van der Waals surface area (Å²) in [6.45, 7) is 3.68. The number of aryl methyl sites for hydroxylation is 1. The van der Waals surface area contributed by atoms with E-state index in [4.69, 9.17) is 31.8 Å². The Balaban J connectivity index is 1.36. The zero-order chi connectivity index (χ0) is 23.8. The number of piperidine rings is 1. The first kappa shape index (κ1) is 23.0. The number of fused-ring (bicyclic) bond motifs is 2. The molecule has 0 aliphatic carbocycles. The number of nitrogens with two attached hydrogens (primary N) is 1. The third-order valence-corrected chi connectivity index (χ3v) is 7.67. The van der Waals surface area contributed by atoms with Crippen molar-refractivity contribution in [2.75, 3.05) is 25.6 Å². The van der Waals surface area contributed by atoms with Crippen LogP contribution in [0.1, 0.15) is 26.2 Å². The minimum Gasteiger partial charge on any atom is -0.454 e. The van der Waals surface area contributed by atoms with E-state index in [1.807, 2.05) is 10.6 Å². The maximum Gasteiger partial charge on any atom is 0.251 e. The number of aliphatic hydroxyl groups excluding tert-OH is 1. The fourth-order valence-corrected chi connectivity index (χ4v) is 5.52. The Bertz CT molecular complexity index is 1230. The molecule has 4 heterocycles. The van der Waals surface area contributed by atoms with E-state index in [9.17, 15) is 9.90 Å². The number of carbonyl (C=O) groups is 1. The summed E-state index contributed by atoms with van der Waals surface area (Å²) in [5, 5.41) is 10.8. The van der Waals surface area contributed by atoms with Gasteiger partial charge >= 0.3 is 0 Å². The maximum atomic E-state index is 12.1. The lowest BCUT2D eigenvalue weighted by atomic mass is 9.93. The Kier molecular flexibility index (Phi) is 6.41. The normalized spacial score (nSPS) is 16.9. The van der Waals surface area contributed by atoms with Gasteiger partial charge in [-0.25, -0.2) is 15.0 Å². The first-order valence-corrected chi connectivity index (χ1v) is 12.3. The molecule has 0 saturated carbocycles. The molecule has 34 heavy (non-hydrogen) atoms. The molecule has 3 aromatic rings. The topological polar surface area (TPSA) is 129 Å². The summed E-state index contributed by atoms with van der Waals surface area (Å²) >= 11 is 7.92. The van der Waals surface area contributed by atoms with Gasteiger partial charge < -0.3 is 29.8 Å². The standard InChI is InChI=1S/C22H25ClN6O4S/c1-12(30)21(31)28-5-2-13(3-6-28)4-7-29-20-18(19(24)25-10-26-20)27-22(29)34-17-9-16-15(8-14(17)23)32-11-33-16/h8-10,12-13,30H,2-7,11H2,1H3,(H2,24,25,26)/t12-/m0/s1. The monoisotopic (exact) mass is 504 g/mol. The van der Waals surface area contributed by atoms with Crippen LogP contribution in [0, 0.1) is 5.92 Å². The van der Waals surface area contributed by atoms with Gasteiger partial charge in [0.25, 0.3) is 5.91 Å². The minimum atomic E-state index is -0.957. The van der Waals surface area contributed by atoms with Gasteiger partial charge in [0.05, 0.1) is 5.02 Å². The van der Waals surface area contributed by atoms with Gasteiger partial charge in [0.15, 0.2) is 33.6 Å². The second-order valence-corrected chi connectivity index (χ2v) is 9.86. The number of nitrogens with zero attached hydrogens (tertiary/aromatic N) is 5. The van der Waals surface area contributed by atoms with Crippen molar-refractivity contribution < 1.29 is 19.4 Å². The number of halogens is 1. The van der Waals surface area contributed by atoms with Crippen molar-refractivity contribution in [3.05, 3.63) is 23.5 Å². The van der Waals surface area contributed by atoms with E-state index in [0.717, 1.165) is 24.2 Å². The zero-order valence-corrected chi connectivity index (χ0v) is 20.2. The summed E-state index contributed by atoms with van der Waals surface area (Å²) in [5.74, 6) is 1.84. The number of hydrogen-bond acceptors (Lipinski definition) is 9. The molecule has 2 aromatic heterocycles. The second-order valence-electron chi connectivity index (χ2n) is 8.45. The van der Waals surface area contributed by atoms with Gasteiger partial charge in [-0.05, 0) is 49.9 Å². The van der Waals surface area contributed by atoms with Crippen LogP contribution in [0.3, 0.4) is 0 Å². The van der Waals surface area contributed by atoms with Crippen molar-refractivity contribution in [3.63, 3.8) is 0 Å². The van der Waals surface area contributed by atoms with Gasteiger partial charge in [0.2, 0.25) is 6.79 Å². The van der Waals surface area contributed by atoms with Gasteiger partial charge in [-0.15, -0.1) is 0 Å². The van der Waals surface area contributed by atoms with Crippen LogP contribution in [0.2, 0.25) is 5.02 Å². The van der Waals surface area contributed by atoms with E-state index >= 15 is 0 Å². The number of likely N-dealkylation sites (tertiary alicyclic amines) is 1. The Hall–Kier alpha value is -2.76. The highest BCUT2D eigenvalue weighted by atomic mass is 35.5. The average molecular weight is 505 g/mol. The SMILES string of the molecule is C[C@H](O)C(=O)N1CCC(CCn2c(Sc3cc4c(cc3Cl)OCO4)nc3c(N)ncnc32)CC1. The average Bonchev–Trinajstić information content (AvgIpc) is 3.42. The van der Waals surface area contributed by atoms with Gasteiger partial charge in [-0.2, -0.15) is 0 Å². The fourth-order valence-electron chi connectivity index (χ4n) is 4.31. The fraction of sp³-hybridized carbons (Fsp3) is 0.455. The molecule has 0 bridgehead atoms. The number of carbonyl (C=O) groups excluding carboxylic acids is 1. The molecule has 1 amide bonds. The number of nitrogen functional groups attached to an aromatic ring is 1. The summed E-state index contributed by atoms with van der Waals surface area (Å²) in [5.41, 5.74) is 7.32. The molecule has 1 saturated heterocycles. The van der Waals surface area contributed by atoms with Crippen molar-refractivity contribution in [2.24, 2.45) is 5.92 Å². The van der Waals surface area contributed by atoms with Crippen molar-refractivity contribution >= 4 is 46.3 Å². The number of imidazole rings is 1. The van der Waals surface area contributed by atoms with Crippen molar-refractivity contribution in [1.29, 1.82) is 0 Å². The molecule has 3 N–H and O–H groups in total. The van der Waals surface area contributed by atoms with E-state index in [1.54, 1.807) is 11.0 Å². The summed E-state index contributed by atoms with van der Waals surface area (Å²) in [7, 11) is 0. The highest BCUT2D eigenvalue weighted by Crippen LogP contribution is 2.43. The maximum absolute atomic E-state index is 12.1. The molecule has 10 nitrogen and oxygen atoms in total. The molecule has 0 unspecified atom stereocenters. The Morgan fingerprint density at radius 2 is 2.03 bits per heavy atom. The molecule has 0 radical (unpaired) electrons. The van der Waals surface area contributed by atoms with Crippen LogP contribution >= 0.6 is 23.4 Å². The first-order chi connectivity index (χ1) is 16.4. The third kappa shape index (κ3) is 4.47. The van der Waals surface area contributed by atoms with Crippen LogP contribution < -0.4 is 15.2 Å². The lowest BCUT2D eigenvalue weighted by molar-refractivity contribution is -0.140. The minimum absolute atomic E-state index is 0.173. The van der Waals surface area contributed by atoms with Crippen LogP contribution in [-0.4, -0.2) is 61.4 Å². The highest BCUT2D eigenvalue weighted by Gasteiger charge is 2.26. The second kappa shape index (κ2) is 9.47. The summed E-state index contributed by atoms with van der Waals surface area (Å²) in [6, 6.07) is 3.60. The molecular formula is C22H25ClN6O4S.